The van der Waals surface area contributed by atoms with Crippen molar-refractivity contribution in [1.29, 1.82) is 0 Å². The summed E-state index contributed by atoms with van der Waals surface area (Å²) in [6, 6.07) is 3.88. The summed E-state index contributed by atoms with van der Waals surface area (Å²) in [6.45, 7) is 3.97. The Morgan fingerprint density at radius 3 is 2.84 bits per heavy atom. The quantitative estimate of drug-likeness (QED) is 0.779. The Balaban J connectivity index is 1.74. The van der Waals surface area contributed by atoms with Gasteiger partial charge in [0, 0.05) is 29.7 Å². The number of carbonyl (C=O) groups excluding carboxylic acids is 1. The van der Waals surface area contributed by atoms with Gasteiger partial charge in [-0.15, -0.1) is 0 Å². The van der Waals surface area contributed by atoms with Gasteiger partial charge in [0.25, 0.3) is 5.91 Å². The minimum absolute atomic E-state index is 0.136. The Kier molecular flexibility index (Phi) is 3.92. The smallest absolute Gasteiger partial charge is 0.256 e. The summed E-state index contributed by atoms with van der Waals surface area (Å²) in [5.41, 5.74) is 3.42. The van der Waals surface area contributed by atoms with Gasteiger partial charge in [0.15, 0.2) is 5.65 Å². The fourth-order valence-corrected chi connectivity index (χ4v) is 3.15. The largest absolute Gasteiger partial charge is 0.349 e. The molecule has 1 aliphatic carbocycles. The molecule has 1 fully saturated rings. The first kappa shape index (κ1) is 16.0. The molecule has 0 spiro atoms. The van der Waals surface area contributed by atoms with Crippen LogP contribution in [0.15, 0.2) is 30.7 Å². The second-order valence-corrected chi connectivity index (χ2v) is 7.00. The van der Waals surface area contributed by atoms with Crippen molar-refractivity contribution in [2.45, 2.75) is 32.7 Å². The van der Waals surface area contributed by atoms with Crippen molar-refractivity contribution >= 4 is 23.2 Å². The van der Waals surface area contributed by atoms with E-state index < -0.39 is 0 Å². The molecule has 3 heterocycles. The van der Waals surface area contributed by atoms with Crippen LogP contribution in [0.3, 0.4) is 0 Å². The van der Waals surface area contributed by atoms with Crippen LogP contribution in [0.25, 0.3) is 16.9 Å². The summed E-state index contributed by atoms with van der Waals surface area (Å²) < 4.78 is 1.68. The van der Waals surface area contributed by atoms with Crippen LogP contribution in [-0.4, -0.2) is 31.5 Å². The van der Waals surface area contributed by atoms with E-state index in [4.69, 9.17) is 11.6 Å². The zero-order valence-corrected chi connectivity index (χ0v) is 14.8. The molecule has 4 rings (SSSR count). The lowest BCUT2D eigenvalue weighted by atomic mass is 10.1. The monoisotopic (exact) mass is 355 g/mol. The highest BCUT2D eigenvalue weighted by Crippen LogP contribution is 2.32. The number of amides is 1. The minimum atomic E-state index is -0.136. The van der Waals surface area contributed by atoms with Gasteiger partial charge >= 0.3 is 0 Å². The Morgan fingerprint density at radius 2 is 2.12 bits per heavy atom. The van der Waals surface area contributed by atoms with Crippen molar-refractivity contribution in [1.82, 2.24) is 24.9 Å². The molecule has 0 saturated heterocycles. The molecule has 1 saturated carbocycles. The van der Waals surface area contributed by atoms with Gasteiger partial charge in [0.2, 0.25) is 0 Å². The molecule has 0 aliphatic heterocycles. The molecule has 0 bridgehead atoms. The third-order valence-electron chi connectivity index (χ3n) is 4.58. The van der Waals surface area contributed by atoms with Crippen LogP contribution >= 0.6 is 11.6 Å². The summed E-state index contributed by atoms with van der Waals surface area (Å²) in [5.74, 6) is 0.455. The lowest BCUT2D eigenvalue weighted by Crippen LogP contribution is -2.34. The van der Waals surface area contributed by atoms with Crippen LogP contribution in [-0.2, 0) is 0 Å². The average molecular weight is 356 g/mol. The average Bonchev–Trinajstić information content (AvgIpc) is 3.34. The lowest BCUT2D eigenvalue weighted by molar-refractivity contribution is 0.0937. The zero-order chi connectivity index (χ0) is 17.6. The van der Waals surface area contributed by atoms with Gasteiger partial charge in [-0.3, -0.25) is 9.78 Å². The van der Waals surface area contributed by atoms with E-state index in [9.17, 15) is 4.79 Å². The predicted octanol–water partition coefficient (Wildman–Crippen LogP) is 3.28. The Morgan fingerprint density at radius 1 is 1.32 bits per heavy atom. The number of nitrogens with one attached hydrogen (secondary N) is 1. The van der Waals surface area contributed by atoms with Crippen molar-refractivity contribution in [2.24, 2.45) is 5.92 Å². The maximum atomic E-state index is 12.6. The molecule has 1 aliphatic rings. The van der Waals surface area contributed by atoms with Crippen molar-refractivity contribution in [3.8, 4) is 11.3 Å². The number of aryl methyl sites for hydroxylation is 1. The Hall–Kier alpha value is -2.47. The predicted molar refractivity (Wildman–Crippen MR) is 95.6 cm³/mol. The molecule has 1 atom stereocenters. The maximum Gasteiger partial charge on any atom is 0.256 e. The zero-order valence-electron chi connectivity index (χ0n) is 14.0. The van der Waals surface area contributed by atoms with Gasteiger partial charge in [-0.1, -0.05) is 11.6 Å². The normalized spacial score (nSPS) is 15.3. The number of aromatic nitrogens is 4. The first-order chi connectivity index (χ1) is 12.0. The third-order valence-corrected chi connectivity index (χ3v) is 4.79. The molecule has 3 aromatic heterocycles. The highest BCUT2D eigenvalue weighted by atomic mass is 35.5. The van der Waals surface area contributed by atoms with Crippen LogP contribution in [0, 0.1) is 12.8 Å². The highest BCUT2D eigenvalue weighted by molar-refractivity contribution is 6.30. The number of fused-ring (bicyclic) bond motifs is 1. The molecule has 0 unspecified atom stereocenters. The van der Waals surface area contributed by atoms with Gasteiger partial charge in [-0.2, -0.15) is 5.10 Å². The van der Waals surface area contributed by atoms with E-state index in [0.29, 0.717) is 27.8 Å². The van der Waals surface area contributed by atoms with E-state index in [1.165, 1.54) is 12.8 Å². The molecule has 1 N–H and O–H groups in total. The topological polar surface area (TPSA) is 72.2 Å². The minimum Gasteiger partial charge on any atom is -0.349 e. The van der Waals surface area contributed by atoms with E-state index >= 15 is 0 Å². The first-order valence-corrected chi connectivity index (χ1v) is 8.68. The second-order valence-electron chi connectivity index (χ2n) is 6.57. The van der Waals surface area contributed by atoms with Crippen LogP contribution in [0.1, 0.15) is 35.8 Å². The third kappa shape index (κ3) is 3.09. The van der Waals surface area contributed by atoms with E-state index in [2.05, 4.69) is 20.4 Å². The van der Waals surface area contributed by atoms with Gasteiger partial charge in [-0.05, 0) is 44.7 Å². The highest BCUT2D eigenvalue weighted by Gasteiger charge is 2.29. The second kappa shape index (κ2) is 6.11. The van der Waals surface area contributed by atoms with Gasteiger partial charge in [-0.25, -0.2) is 9.50 Å². The van der Waals surface area contributed by atoms with Crippen LogP contribution in [0.2, 0.25) is 5.02 Å². The number of rotatable bonds is 4. The van der Waals surface area contributed by atoms with Crippen molar-refractivity contribution < 1.29 is 4.79 Å². The standard InChI is InChI=1S/C18H18ClN5O/c1-10-5-16(13-6-14(19)8-20-7-13)23-17-15(9-21-24(10)17)18(25)22-11(2)12-3-4-12/h5-9,11-12H,3-4H2,1-2H3,(H,22,25)/t11-/m1/s1. The summed E-state index contributed by atoms with van der Waals surface area (Å²) in [4.78, 5) is 21.4. The van der Waals surface area contributed by atoms with Crippen LogP contribution < -0.4 is 5.32 Å². The van der Waals surface area contributed by atoms with Gasteiger partial charge in [0.05, 0.1) is 16.9 Å². The van der Waals surface area contributed by atoms with Gasteiger partial charge in [0.1, 0.15) is 5.56 Å². The number of carbonyl (C=O) groups is 1. The number of halogens is 1. The summed E-state index contributed by atoms with van der Waals surface area (Å²) >= 11 is 6.03. The maximum absolute atomic E-state index is 12.6. The molecule has 25 heavy (non-hydrogen) atoms. The lowest BCUT2D eigenvalue weighted by Gasteiger charge is -2.12. The first-order valence-electron chi connectivity index (χ1n) is 8.30. The molecule has 3 aromatic rings. The van der Waals surface area contributed by atoms with Gasteiger partial charge < -0.3 is 5.32 Å². The van der Waals surface area contributed by atoms with E-state index in [1.54, 1.807) is 29.2 Å². The van der Waals surface area contributed by atoms with Crippen molar-refractivity contribution in [2.75, 3.05) is 0 Å². The molecule has 6 nitrogen and oxygen atoms in total. The molecule has 7 heteroatoms. The number of nitrogens with zero attached hydrogens (tertiary/aromatic N) is 4. The molecule has 128 valence electrons. The summed E-state index contributed by atoms with van der Waals surface area (Å²) in [6.07, 6.45) is 7.21. The molecule has 0 aromatic carbocycles. The Labute approximate surface area is 150 Å². The van der Waals surface area contributed by atoms with E-state index in [1.807, 2.05) is 19.9 Å². The number of hydrogen-bond donors (Lipinski definition) is 1. The summed E-state index contributed by atoms with van der Waals surface area (Å²) in [7, 11) is 0. The fourth-order valence-electron chi connectivity index (χ4n) is 2.97. The van der Waals surface area contributed by atoms with Crippen LogP contribution in [0.5, 0.6) is 0 Å². The molecule has 0 radical (unpaired) electrons. The number of pyridine rings is 1. The van der Waals surface area contributed by atoms with E-state index in [0.717, 1.165) is 11.3 Å². The number of hydrogen-bond acceptors (Lipinski definition) is 4. The molecular weight excluding hydrogens is 338 g/mol. The molecular formula is C18H18ClN5O. The van der Waals surface area contributed by atoms with E-state index in [-0.39, 0.29) is 11.9 Å². The van der Waals surface area contributed by atoms with Crippen LogP contribution in [0.4, 0.5) is 0 Å². The fraction of sp³-hybridized carbons (Fsp3) is 0.333. The van der Waals surface area contributed by atoms with Crippen molar-refractivity contribution in [3.63, 3.8) is 0 Å². The SMILES string of the molecule is Cc1cc(-c2cncc(Cl)c2)nc2c(C(=O)N[C@H](C)C3CC3)cnn12. The Bertz CT molecular complexity index is 963. The van der Waals surface area contributed by atoms with Crippen molar-refractivity contribution in [3.05, 3.63) is 47.0 Å². The summed E-state index contributed by atoms with van der Waals surface area (Å²) in [5, 5.41) is 7.91. The molecule has 1 amide bonds.